The molecule has 0 bridgehead atoms. The standard InChI is InChI=1S/C24H29N3O4/c1-2-3-4-5-6-7-8-18-9-12-21(13-10-18)31-17-20(28)16-27-23-15-19(24(29)30)11-14-22(23)25-26-27/h9-15H,2-8,16-17H2,1H3,(H,29,30). The number of hydrogen-bond donors (Lipinski definition) is 1. The van der Waals surface area contributed by atoms with Gasteiger partial charge in [-0.05, 0) is 48.7 Å². The van der Waals surface area contributed by atoms with Gasteiger partial charge in [0.15, 0.2) is 5.78 Å². The number of Topliss-reactive ketones (excluding diaryl/α,β-unsaturated/α-hetero) is 1. The second-order valence-corrected chi connectivity index (χ2v) is 7.74. The van der Waals surface area contributed by atoms with E-state index in [0.29, 0.717) is 16.8 Å². The summed E-state index contributed by atoms with van der Waals surface area (Å²) >= 11 is 0. The number of aromatic nitrogens is 3. The molecule has 0 aliphatic rings. The van der Waals surface area contributed by atoms with Gasteiger partial charge in [-0.15, -0.1) is 5.10 Å². The lowest BCUT2D eigenvalue weighted by Crippen LogP contribution is -2.18. The number of aryl methyl sites for hydroxylation is 1. The zero-order chi connectivity index (χ0) is 22.1. The first-order valence-electron chi connectivity index (χ1n) is 10.9. The van der Waals surface area contributed by atoms with Crippen molar-refractivity contribution in [3.05, 3.63) is 53.6 Å². The van der Waals surface area contributed by atoms with Gasteiger partial charge in [0.2, 0.25) is 0 Å². The minimum atomic E-state index is -1.04. The fraction of sp³-hybridized carbons (Fsp3) is 0.417. The predicted molar refractivity (Wildman–Crippen MR) is 119 cm³/mol. The van der Waals surface area contributed by atoms with Crippen LogP contribution >= 0.6 is 0 Å². The highest BCUT2D eigenvalue weighted by molar-refractivity contribution is 5.92. The van der Waals surface area contributed by atoms with Crippen molar-refractivity contribution in [2.24, 2.45) is 0 Å². The summed E-state index contributed by atoms with van der Waals surface area (Å²) in [5.74, 6) is -0.565. The molecule has 7 nitrogen and oxygen atoms in total. The SMILES string of the molecule is CCCCCCCCc1ccc(OCC(=O)Cn2nnc3ccc(C(=O)O)cc32)cc1. The van der Waals surface area contributed by atoms with Crippen LogP contribution in [0.25, 0.3) is 11.0 Å². The molecule has 0 radical (unpaired) electrons. The van der Waals surface area contributed by atoms with E-state index < -0.39 is 5.97 Å². The van der Waals surface area contributed by atoms with Gasteiger partial charge in [-0.25, -0.2) is 9.48 Å². The van der Waals surface area contributed by atoms with Crippen LogP contribution < -0.4 is 4.74 Å². The van der Waals surface area contributed by atoms with E-state index in [1.807, 2.05) is 24.3 Å². The van der Waals surface area contributed by atoms with Crippen LogP contribution in [0.2, 0.25) is 0 Å². The number of unbranched alkanes of at least 4 members (excludes halogenated alkanes) is 5. The molecule has 2 aromatic carbocycles. The summed E-state index contributed by atoms with van der Waals surface area (Å²) in [6.45, 7) is 2.11. The Balaban J connectivity index is 1.46. The number of carbonyl (C=O) groups is 2. The fourth-order valence-corrected chi connectivity index (χ4v) is 3.45. The minimum Gasteiger partial charge on any atom is -0.486 e. The maximum atomic E-state index is 12.3. The van der Waals surface area contributed by atoms with Crippen molar-refractivity contribution in [1.82, 2.24) is 15.0 Å². The first-order valence-corrected chi connectivity index (χ1v) is 10.9. The number of carboxylic acid groups (broad SMARTS) is 1. The van der Waals surface area contributed by atoms with Gasteiger partial charge in [-0.3, -0.25) is 4.79 Å². The Kier molecular flexibility index (Phi) is 8.15. The van der Waals surface area contributed by atoms with Gasteiger partial charge >= 0.3 is 5.97 Å². The number of ether oxygens (including phenoxy) is 1. The van der Waals surface area contributed by atoms with Gasteiger partial charge in [0.25, 0.3) is 0 Å². The van der Waals surface area contributed by atoms with E-state index in [2.05, 4.69) is 17.2 Å². The number of hydrogen-bond acceptors (Lipinski definition) is 5. The van der Waals surface area contributed by atoms with Crippen LogP contribution in [0.3, 0.4) is 0 Å². The number of fused-ring (bicyclic) bond motifs is 1. The zero-order valence-corrected chi connectivity index (χ0v) is 17.9. The van der Waals surface area contributed by atoms with E-state index in [0.717, 1.165) is 6.42 Å². The Morgan fingerprint density at radius 3 is 2.48 bits per heavy atom. The highest BCUT2D eigenvalue weighted by Crippen LogP contribution is 2.16. The molecular formula is C24H29N3O4. The number of ketones is 1. The Labute approximate surface area is 182 Å². The Hall–Kier alpha value is -3.22. The van der Waals surface area contributed by atoms with Crippen molar-refractivity contribution in [3.8, 4) is 5.75 Å². The number of benzene rings is 2. The molecule has 3 aromatic rings. The Morgan fingerprint density at radius 2 is 1.74 bits per heavy atom. The molecule has 1 N–H and O–H groups in total. The predicted octanol–water partition coefficient (Wildman–Crippen LogP) is 4.68. The summed E-state index contributed by atoms with van der Waals surface area (Å²) in [7, 11) is 0. The number of aromatic carboxylic acids is 1. The van der Waals surface area contributed by atoms with Crippen molar-refractivity contribution >= 4 is 22.8 Å². The zero-order valence-electron chi connectivity index (χ0n) is 17.9. The van der Waals surface area contributed by atoms with Crippen LogP contribution in [0.5, 0.6) is 5.75 Å². The lowest BCUT2D eigenvalue weighted by Gasteiger charge is -2.07. The molecule has 0 fully saturated rings. The van der Waals surface area contributed by atoms with Crippen molar-refractivity contribution in [1.29, 1.82) is 0 Å². The van der Waals surface area contributed by atoms with E-state index in [1.165, 1.54) is 60.9 Å². The number of carboxylic acids is 1. The molecule has 164 valence electrons. The number of rotatable bonds is 13. The first kappa shape index (κ1) is 22.5. The molecule has 0 amide bonds. The van der Waals surface area contributed by atoms with Crippen LogP contribution in [-0.4, -0.2) is 38.5 Å². The Morgan fingerprint density at radius 1 is 1.00 bits per heavy atom. The number of nitrogens with zero attached hydrogens (tertiary/aromatic N) is 3. The van der Waals surface area contributed by atoms with Crippen molar-refractivity contribution in [2.75, 3.05) is 6.61 Å². The molecule has 1 aromatic heterocycles. The molecule has 0 aliphatic carbocycles. The van der Waals surface area contributed by atoms with E-state index in [-0.39, 0.29) is 24.5 Å². The third kappa shape index (κ3) is 6.64. The van der Waals surface area contributed by atoms with Crippen molar-refractivity contribution in [3.63, 3.8) is 0 Å². The molecule has 0 saturated heterocycles. The van der Waals surface area contributed by atoms with Gasteiger partial charge in [0, 0.05) is 0 Å². The average molecular weight is 424 g/mol. The van der Waals surface area contributed by atoms with E-state index in [9.17, 15) is 9.59 Å². The van der Waals surface area contributed by atoms with Crippen LogP contribution in [-0.2, 0) is 17.8 Å². The number of carbonyl (C=O) groups excluding carboxylic acids is 1. The van der Waals surface area contributed by atoms with Crippen molar-refractivity contribution < 1.29 is 19.4 Å². The van der Waals surface area contributed by atoms with Crippen molar-refractivity contribution in [2.45, 2.75) is 58.4 Å². The van der Waals surface area contributed by atoms with Gasteiger partial charge in [-0.1, -0.05) is 56.4 Å². The first-order chi connectivity index (χ1) is 15.1. The third-order valence-corrected chi connectivity index (χ3v) is 5.23. The fourth-order valence-electron chi connectivity index (χ4n) is 3.45. The molecule has 3 rings (SSSR count). The van der Waals surface area contributed by atoms with Gasteiger partial charge in [-0.2, -0.15) is 0 Å². The lowest BCUT2D eigenvalue weighted by molar-refractivity contribution is -0.121. The topological polar surface area (TPSA) is 94.3 Å². The van der Waals surface area contributed by atoms with Crippen LogP contribution in [0, 0.1) is 0 Å². The van der Waals surface area contributed by atoms with Crippen LogP contribution in [0.15, 0.2) is 42.5 Å². The quantitative estimate of drug-likeness (QED) is 0.401. The summed E-state index contributed by atoms with van der Waals surface area (Å²) in [5.41, 5.74) is 2.45. The Bertz CT molecular complexity index is 1010. The monoisotopic (exact) mass is 423 g/mol. The molecule has 0 spiro atoms. The van der Waals surface area contributed by atoms with E-state index in [4.69, 9.17) is 9.84 Å². The second kappa shape index (κ2) is 11.2. The highest BCUT2D eigenvalue weighted by Gasteiger charge is 2.12. The third-order valence-electron chi connectivity index (χ3n) is 5.23. The second-order valence-electron chi connectivity index (χ2n) is 7.74. The normalized spacial score (nSPS) is 11.0. The average Bonchev–Trinajstić information content (AvgIpc) is 3.17. The summed E-state index contributed by atoms with van der Waals surface area (Å²) < 4.78 is 7.01. The molecule has 0 atom stereocenters. The molecular weight excluding hydrogens is 394 g/mol. The molecule has 0 saturated carbocycles. The molecule has 7 heteroatoms. The summed E-state index contributed by atoms with van der Waals surface area (Å²) in [6, 6.07) is 12.4. The molecule has 0 aliphatic heterocycles. The van der Waals surface area contributed by atoms with Crippen LogP contribution in [0.1, 0.15) is 61.4 Å². The largest absolute Gasteiger partial charge is 0.486 e. The van der Waals surface area contributed by atoms with Crippen LogP contribution in [0.4, 0.5) is 0 Å². The van der Waals surface area contributed by atoms with Gasteiger partial charge < -0.3 is 9.84 Å². The smallest absolute Gasteiger partial charge is 0.335 e. The van der Waals surface area contributed by atoms with E-state index >= 15 is 0 Å². The maximum Gasteiger partial charge on any atom is 0.335 e. The highest BCUT2D eigenvalue weighted by atomic mass is 16.5. The van der Waals surface area contributed by atoms with Gasteiger partial charge in [0.1, 0.15) is 24.4 Å². The van der Waals surface area contributed by atoms with E-state index in [1.54, 1.807) is 6.07 Å². The summed E-state index contributed by atoms with van der Waals surface area (Å²) in [4.78, 5) is 23.5. The molecule has 31 heavy (non-hydrogen) atoms. The lowest BCUT2D eigenvalue weighted by atomic mass is 10.0. The molecule has 1 heterocycles. The summed E-state index contributed by atoms with van der Waals surface area (Å²) in [6.07, 6.45) is 8.73. The minimum absolute atomic E-state index is 0.0321. The summed E-state index contributed by atoms with van der Waals surface area (Å²) in [5, 5.41) is 17.1. The van der Waals surface area contributed by atoms with Gasteiger partial charge in [0.05, 0.1) is 11.1 Å². The molecule has 0 unspecified atom stereocenters. The maximum absolute atomic E-state index is 12.3.